The number of aromatic nitrogens is 3. The number of nitrogens with one attached hydrogen (secondary N) is 2. The number of carbonyl (C=O) groups excluding carboxylic acids is 1. The molecule has 0 bridgehead atoms. The molecule has 6 heteroatoms. The van der Waals surface area contributed by atoms with Gasteiger partial charge in [-0.05, 0) is 29.9 Å². The third-order valence-corrected chi connectivity index (χ3v) is 4.66. The Morgan fingerprint density at radius 3 is 3.04 bits per heavy atom. The summed E-state index contributed by atoms with van der Waals surface area (Å²) in [6.45, 7) is 4.99. The maximum absolute atomic E-state index is 12.5. The molecule has 2 N–H and O–H groups in total. The van der Waals surface area contributed by atoms with Crippen LogP contribution in [0.1, 0.15) is 37.0 Å². The number of fused-ring (bicyclic) bond motifs is 1. The summed E-state index contributed by atoms with van der Waals surface area (Å²) in [5.41, 5.74) is 1.85. The lowest BCUT2D eigenvalue weighted by atomic mass is 10.1. The zero-order valence-electron chi connectivity index (χ0n) is 13.3. The molecule has 5 nitrogen and oxygen atoms in total. The van der Waals surface area contributed by atoms with E-state index in [0.717, 1.165) is 23.5 Å². The summed E-state index contributed by atoms with van der Waals surface area (Å²) in [6.07, 6.45) is 3.87. The first-order valence-electron chi connectivity index (χ1n) is 7.85. The van der Waals surface area contributed by atoms with E-state index in [1.165, 1.54) is 0 Å². The van der Waals surface area contributed by atoms with E-state index in [-0.39, 0.29) is 5.91 Å². The van der Waals surface area contributed by atoms with Crippen molar-refractivity contribution in [3.63, 3.8) is 0 Å². The molecule has 1 amide bonds. The number of hydrogen-bond donors (Lipinski definition) is 2. The van der Waals surface area contributed by atoms with Gasteiger partial charge in [-0.25, -0.2) is 9.97 Å². The third kappa shape index (κ3) is 3.42. The maximum Gasteiger partial charge on any atom is 0.253 e. The highest BCUT2D eigenvalue weighted by Gasteiger charge is 2.15. The van der Waals surface area contributed by atoms with Gasteiger partial charge in [0.15, 0.2) is 11.5 Å². The molecule has 0 radical (unpaired) electrons. The Balaban J connectivity index is 1.84. The summed E-state index contributed by atoms with van der Waals surface area (Å²) in [4.78, 5) is 25.5. The minimum atomic E-state index is -0.0817. The maximum atomic E-state index is 12.5. The quantitative estimate of drug-likeness (QED) is 0.722. The van der Waals surface area contributed by atoms with Crippen LogP contribution in [0.15, 0.2) is 29.8 Å². The molecule has 0 aromatic carbocycles. The number of hydrogen-bond acceptors (Lipinski definition) is 4. The second-order valence-corrected chi connectivity index (χ2v) is 6.67. The number of nitrogens with zero attached hydrogens (tertiary/aromatic N) is 2. The summed E-state index contributed by atoms with van der Waals surface area (Å²) in [6, 6.07) is 5.70. The fourth-order valence-corrected chi connectivity index (χ4v) is 3.26. The van der Waals surface area contributed by atoms with Crippen molar-refractivity contribution >= 4 is 28.4 Å². The van der Waals surface area contributed by atoms with E-state index in [1.807, 2.05) is 17.5 Å². The summed E-state index contributed by atoms with van der Waals surface area (Å²) >= 11 is 1.60. The summed E-state index contributed by atoms with van der Waals surface area (Å²) in [5.74, 6) is 1.15. The van der Waals surface area contributed by atoms with E-state index in [4.69, 9.17) is 0 Å². The van der Waals surface area contributed by atoms with Crippen LogP contribution in [0.3, 0.4) is 0 Å². The van der Waals surface area contributed by atoms with Gasteiger partial charge in [0.2, 0.25) is 0 Å². The molecule has 120 valence electrons. The van der Waals surface area contributed by atoms with Crippen molar-refractivity contribution in [2.75, 3.05) is 6.54 Å². The normalized spacial score (nSPS) is 12.4. The Morgan fingerprint density at radius 1 is 1.43 bits per heavy atom. The van der Waals surface area contributed by atoms with Crippen LogP contribution in [0, 0.1) is 5.92 Å². The summed E-state index contributed by atoms with van der Waals surface area (Å²) < 4.78 is 0. The molecular weight excluding hydrogens is 308 g/mol. The standard InChI is InChI=1S/C17H20N4OS/c1-3-5-11(2)10-19-17(22)12-7-8-18-16-14(12)20-15(21-16)13-6-4-9-23-13/h4,6-9,11H,3,5,10H2,1-2H3,(H,19,22)(H,18,20,21). The molecule has 0 saturated heterocycles. The van der Waals surface area contributed by atoms with Crippen molar-refractivity contribution in [1.29, 1.82) is 0 Å². The molecule has 3 heterocycles. The second kappa shape index (κ2) is 6.91. The van der Waals surface area contributed by atoms with Gasteiger partial charge in [-0.2, -0.15) is 0 Å². The van der Waals surface area contributed by atoms with Crippen LogP contribution in [0.4, 0.5) is 0 Å². The van der Waals surface area contributed by atoms with Crippen molar-refractivity contribution in [1.82, 2.24) is 20.3 Å². The van der Waals surface area contributed by atoms with Gasteiger partial charge in [-0.15, -0.1) is 11.3 Å². The highest BCUT2D eigenvalue weighted by Crippen LogP contribution is 2.25. The molecule has 0 fully saturated rings. The average molecular weight is 328 g/mol. The minimum Gasteiger partial charge on any atom is -0.352 e. The molecular formula is C17H20N4OS. The van der Waals surface area contributed by atoms with Crippen molar-refractivity contribution in [2.45, 2.75) is 26.7 Å². The molecule has 1 atom stereocenters. The fraction of sp³-hybridized carbons (Fsp3) is 0.353. The van der Waals surface area contributed by atoms with Gasteiger partial charge in [-0.3, -0.25) is 4.79 Å². The first kappa shape index (κ1) is 15.7. The van der Waals surface area contributed by atoms with E-state index >= 15 is 0 Å². The zero-order valence-corrected chi connectivity index (χ0v) is 14.1. The van der Waals surface area contributed by atoms with E-state index in [2.05, 4.69) is 34.1 Å². The van der Waals surface area contributed by atoms with E-state index in [1.54, 1.807) is 23.6 Å². The lowest BCUT2D eigenvalue weighted by molar-refractivity contribution is 0.0949. The lowest BCUT2D eigenvalue weighted by Crippen LogP contribution is -2.28. The van der Waals surface area contributed by atoms with Crippen LogP contribution < -0.4 is 5.32 Å². The third-order valence-electron chi connectivity index (χ3n) is 3.78. The Bertz CT molecular complexity index is 794. The second-order valence-electron chi connectivity index (χ2n) is 5.72. The molecule has 1 unspecified atom stereocenters. The molecule has 0 aliphatic carbocycles. The lowest BCUT2D eigenvalue weighted by Gasteiger charge is -2.11. The molecule has 0 saturated carbocycles. The van der Waals surface area contributed by atoms with E-state index < -0.39 is 0 Å². The monoisotopic (exact) mass is 328 g/mol. The summed E-state index contributed by atoms with van der Waals surface area (Å²) in [5, 5.41) is 5.01. The smallest absolute Gasteiger partial charge is 0.253 e. The highest BCUT2D eigenvalue weighted by atomic mass is 32.1. The van der Waals surface area contributed by atoms with Crippen LogP contribution >= 0.6 is 11.3 Å². The predicted octanol–water partition coefficient (Wildman–Crippen LogP) is 3.85. The van der Waals surface area contributed by atoms with Gasteiger partial charge in [0, 0.05) is 12.7 Å². The van der Waals surface area contributed by atoms with Gasteiger partial charge >= 0.3 is 0 Å². The number of imidazole rings is 1. The molecule has 3 aromatic rings. The number of H-pyrrole nitrogens is 1. The van der Waals surface area contributed by atoms with Crippen molar-refractivity contribution in [3.8, 4) is 10.7 Å². The van der Waals surface area contributed by atoms with Gasteiger partial charge in [0.25, 0.3) is 5.91 Å². The Morgan fingerprint density at radius 2 is 2.30 bits per heavy atom. The number of amides is 1. The number of rotatable bonds is 6. The SMILES string of the molecule is CCCC(C)CNC(=O)c1ccnc2nc(-c3cccs3)[nH]c12. The Labute approximate surface area is 139 Å². The fourth-order valence-electron chi connectivity index (χ4n) is 2.59. The van der Waals surface area contributed by atoms with Gasteiger partial charge in [0.05, 0.1) is 16.0 Å². The molecule has 0 aliphatic rings. The zero-order chi connectivity index (χ0) is 16.2. The molecule has 0 spiro atoms. The van der Waals surface area contributed by atoms with Crippen LogP contribution in [-0.4, -0.2) is 27.4 Å². The molecule has 3 rings (SSSR count). The van der Waals surface area contributed by atoms with Crippen LogP contribution in [0.25, 0.3) is 21.9 Å². The topological polar surface area (TPSA) is 70.7 Å². The van der Waals surface area contributed by atoms with Crippen molar-refractivity contribution in [3.05, 3.63) is 35.3 Å². The van der Waals surface area contributed by atoms with Gasteiger partial charge in [-0.1, -0.05) is 26.3 Å². The largest absolute Gasteiger partial charge is 0.352 e. The Hall–Kier alpha value is -2.21. The minimum absolute atomic E-state index is 0.0817. The van der Waals surface area contributed by atoms with Crippen molar-refractivity contribution < 1.29 is 4.79 Å². The van der Waals surface area contributed by atoms with Crippen LogP contribution in [-0.2, 0) is 0 Å². The molecule has 23 heavy (non-hydrogen) atoms. The Kier molecular flexibility index (Phi) is 4.71. The van der Waals surface area contributed by atoms with Crippen LogP contribution in [0.5, 0.6) is 0 Å². The highest BCUT2D eigenvalue weighted by molar-refractivity contribution is 7.13. The summed E-state index contributed by atoms with van der Waals surface area (Å²) in [7, 11) is 0. The van der Waals surface area contributed by atoms with Gasteiger partial charge in [0.1, 0.15) is 0 Å². The first-order chi connectivity index (χ1) is 11.2. The van der Waals surface area contributed by atoms with E-state index in [9.17, 15) is 4.79 Å². The van der Waals surface area contributed by atoms with Crippen molar-refractivity contribution in [2.24, 2.45) is 5.92 Å². The number of thiophene rings is 1. The predicted molar refractivity (Wildman–Crippen MR) is 93.6 cm³/mol. The van der Waals surface area contributed by atoms with Gasteiger partial charge < -0.3 is 10.3 Å². The van der Waals surface area contributed by atoms with Crippen LogP contribution in [0.2, 0.25) is 0 Å². The number of aromatic amines is 1. The molecule has 3 aromatic heterocycles. The van der Waals surface area contributed by atoms with E-state index in [0.29, 0.717) is 29.2 Å². The number of carbonyl (C=O) groups is 1. The first-order valence-corrected chi connectivity index (χ1v) is 8.73. The number of pyridine rings is 1. The molecule has 0 aliphatic heterocycles. The average Bonchev–Trinajstić information content (AvgIpc) is 3.20.